The van der Waals surface area contributed by atoms with Crippen LogP contribution in [0.2, 0.25) is 0 Å². The largest absolute Gasteiger partial charge is 0.385 e. The first-order chi connectivity index (χ1) is 8.04. The first kappa shape index (κ1) is 13.9. The van der Waals surface area contributed by atoms with Gasteiger partial charge in [0, 0.05) is 19.8 Å². The molecule has 0 aromatic rings. The summed E-state index contributed by atoms with van der Waals surface area (Å²) < 4.78 is 4.84. The fourth-order valence-corrected chi connectivity index (χ4v) is 1.32. The van der Waals surface area contributed by atoms with Crippen molar-refractivity contribution < 1.29 is 14.3 Å². The van der Waals surface area contributed by atoms with Crippen LogP contribution in [0.5, 0.6) is 0 Å². The third kappa shape index (κ3) is 5.14. The highest BCUT2D eigenvalue weighted by Gasteiger charge is 2.26. The lowest BCUT2D eigenvalue weighted by atomic mass is 10.2. The van der Waals surface area contributed by atoms with Gasteiger partial charge in [-0.05, 0) is 26.2 Å². The zero-order valence-electron chi connectivity index (χ0n) is 10.4. The van der Waals surface area contributed by atoms with Crippen molar-refractivity contribution in [3.8, 4) is 0 Å². The summed E-state index contributed by atoms with van der Waals surface area (Å²) in [6.45, 7) is 2.08. The molecule has 1 aliphatic carbocycles. The van der Waals surface area contributed by atoms with E-state index >= 15 is 0 Å². The number of nitrogens with two attached hydrogens (primary N) is 1. The van der Waals surface area contributed by atoms with Crippen LogP contribution in [0, 0.1) is 0 Å². The molecule has 1 saturated carbocycles. The minimum atomic E-state index is -0.633. The van der Waals surface area contributed by atoms with Gasteiger partial charge < -0.3 is 21.1 Å². The standard InChI is InChI=1S/C11H21N3O3/c1-7(10(15)14-8-3-4-8)13-11(16)9(12)5-6-17-2/h7-9H,3-6,12H2,1-2H3,(H,13,16)(H,14,15). The van der Waals surface area contributed by atoms with Gasteiger partial charge in [-0.15, -0.1) is 0 Å². The van der Waals surface area contributed by atoms with Gasteiger partial charge in [0.05, 0.1) is 6.04 Å². The van der Waals surface area contributed by atoms with Gasteiger partial charge in [0.2, 0.25) is 11.8 Å². The molecule has 0 spiro atoms. The maximum atomic E-state index is 11.6. The minimum Gasteiger partial charge on any atom is -0.385 e. The molecule has 2 atom stereocenters. The van der Waals surface area contributed by atoms with Crippen LogP contribution in [-0.2, 0) is 14.3 Å². The number of methoxy groups -OCH3 is 1. The summed E-state index contributed by atoms with van der Waals surface area (Å²) in [5, 5.41) is 5.41. The van der Waals surface area contributed by atoms with Gasteiger partial charge in [0.15, 0.2) is 0 Å². The Morgan fingerprint density at radius 3 is 2.59 bits per heavy atom. The lowest BCUT2D eigenvalue weighted by molar-refractivity contribution is -0.129. The number of hydrogen-bond acceptors (Lipinski definition) is 4. The fraction of sp³-hybridized carbons (Fsp3) is 0.818. The summed E-state index contributed by atoms with van der Waals surface area (Å²) in [7, 11) is 1.55. The number of rotatable bonds is 7. The van der Waals surface area contributed by atoms with Crippen LogP contribution in [-0.4, -0.2) is 43.7 Å². The molecule has 0 aromatic carbocycles. The third-order valence-corrected chi connectivity index (χ3v) is 2.65. The molecule has 0 heterocycles. The highest BCUT2D eigenvalue weighted by molar-refractivity contribution is 5.89. The molecule has 0 aromatic heterocycles. The molecule has 98 valence electrons. The lowest BCUT2D eigenvalue weighted by Crippen LogP contribution is -2.50. The van der Waals surface area contributed by atoms with Crippen molar-refractivity contribution in [2.75, 3.05) is 13.7 Å². The van der Waals surface area contributed by atoms with Crippen molar-refractivity contribution in [3.05, 3.63) is 0 Å². The molecule has 0 saturated heterocycles. The van der Waals surface area contributed by atoms with Crippen LogP contribution in [0.4, 0.5) is 0 Å². The molecule has 1 fully saturated rings. The number of carbonyl (C=O) groups excluding carboxylic acids is 2. The Morgan fingerprint density at radius 2 is 2.06 bits per heavy atom. The van der Waals surface area contributed by atoms with Gasteiger partial charge in [-0.1, -0.05) is 0 Å². The van der Waals surface area contributed by atoms with E-state index in [1.54, 1.807) is 14.0 Å². The van der Waals surface area contributed by atoms with Crippen molar-refractivity contribution in [3.63, 3.8) is 0 Å². The minimum absolute atomic E-state index is 0.153. The monoisotopic (exact) mass is 243 g/mol. The SMILES string of the molecule is COCCC(N)C(=O)NC(C)C(=O)NC1CC1. The van der Waals surface area contributed by atoms with Crippen molar-refractivity contribution >= 4 is 11.8 Å². The maximum Gasteiger partial charge on any atom is 0.242 e. The molecule has 6 nitrogen and oxygen atoms in total. The number of amides is 2. The highest BCUT2D eigenvalue weighted by Crippen LogP contribution is 2.18. The Balaban J connectivity index is 2.25. The first-order valence-electron chi connectivity index (χ1n) is 5.90. The average molecular weight is 243 g/mol. The second kappa shape index (κ2) is 6.56. The highest BCUT2D eigenvalue weighted by atomic mass is 16.5. The molecule has 4 N–H and O–H groups in total. The van der Waals surface area contributed by atoms with Gasteiger partial charge >= 0.3 is 0 Å². The van der Waals surface area contributed by atoms with Gasteiger partial charge in [0.1, 0.15) is 6.04 Å². The van der Waals surface area contributed by atoms with E-state index in [2.05, 4.69) is 10.6 Å². The number of hydrogen-bond donors (Lipinski definition) is 3. The van der Waals surface area contributed by atoms with E-state index in [9.17, 15) is 9.59 Å². The molecule has 1 aliphatic rings. The smallest absolute Gasteiger partial charge is 0.242 e. The van der Waals surface area contributed by atoms with Gasteiger partial charge in [-0.2, -0.15) is 0 Å². The number of nitrogens with one attached hydrogen (secondary N) is 2. The number of carbonyl (C=O) groups is 2. The Labute approximate surface area is 101 Å². The molecule has 6 heteroatoms. The first-order valence-corrected chi connectivity index (χ1v) is 5.90. The summed E-state index contributed by atoms with van der Waals surface area (Å²) in [5.41, 5.74) is 5.64. The zero-order chi connectivity index (χ0) is 12.8. The van der Waals surface area contributed by atoms with E-state index in [4.69, 9.17) is 10.5 Å². The molecule has 17 heavy (non-hydrogen) atoms. The molecular weight excluding hydrogens is 222 g/mol. The molecule has 2 amide bonds. The summed E-state index contributed by atoms with van der Waals surface area (Å²) in [4.78, 5) is 23.2. The van der Waals surface area contributed by atoms with Crippen LogP contribution >= 0.6 is 0 Å². The molecular formula is C11H21N3O3. The normalized spacial score (nSPS) is 18.3. The van der Waals surface area contributed by atoms with Crippen molar-refractivity contribution in [2.45, 2.75) is 44.3 Å². The molecule has 0 aliphatic heterocycles. The van der Waals surface area contributed by atoms with Crippen LogP contribution in [0.3, 0.4) is 0 Å². The van der Waals surface area contributed by atoms with E-state index in [1.165, 1.54) is 0 Å². The molecule has 0 radical (unpaired) electrons. The van der Waals surface area contributed by atoms with E-state index in [0.717, 1.165) is 12.8 Å². The Hall–Kier alpha value is -1.14. The Kier molecular flexibility index (Phi) is 5.37. The van der Waals surface area contributed by atoms with E-state index in [1.807, 2.05) is 0 Å². The summed E-state index contributed by atoms with van der Waals surface area (Å²) in [5.74, 6) is -0.472. The second-order valence-electron chi connectivity index (χ2n) is 4.40. The van der Waals surface area contributed by atoms with Crippen molar-refractivity contribution in [1.29, 1.82) is 0 Å². The topological polar surface area (TPSA) is 93.4 Å². The van der Waals surface area contributed by atoms with Crippen LogP contribution in [0.15, 0.2) is 0 Å². The predicted octanol–water partition coefficient (Wildman–Crippen LogP) is -0.866. The Bertz CT molecular complexity index is 279. The summed E-state index contributed by atoms with van der Waals surface area (Å²) in [6.07, 6.45) is 2.50. The summed E-state index contributed by atoms with van der Waals surface area (Å²) in [6, 6.07) is -0.883. The van der Waals surface area contributed by atoms with Crippen molar-refractivity contribution in [2.24, 2.45) is 5.73 Å². The van der Waals surface area contributed by atoms with Gasteiger partial charge in [-0.3, -0.25) is 9.59 Å². The molecule has 2 unspecified atom stereocenters. The molecule has 0 bridgehead atoms. The van der Waals surface area contributed by atoms with Gasteiger partial charge in [0.25, 0.3) is 0 Å². The average Bonchev–Trinajstić information content (AvgIpc) is 3.09. The predicted molar refractivity (Wildman–Crippen MR) is 63.2 cm³/mol. The van der Waals surface area contributed by atoms with E-state index in [0.29, 0.717) is 19.1 Å². The number of ether oxygens (including phenoxy) is 1. The van der Waals surface area contributed by atoms with Crippen LogP contribution < -0.4 is 16.4 Å². The summed E-state index contributed by atoms with van der Waals surface area (Å²) >= 11 is 0. The lowest BCUT2D eigenvalue weighted by Gasteiger charge is -2.17. The molecule has 1 rings (SSSR count). The van der Waals surface area contributed by atoms with Gasteiger partial charge in [-0.25, -0.2) is 0 Å². The van der Waals surface area contributed by atoms with Crippen LogP contribution in [0.25, 0.3) is 0 Å². The van der Waals surface area contributed by atoms with E-state index < -0.39 is 12.1 Å². The third-order valence-electron chi connectivity index (χ3n) is 2.65. The zero-order valence-corrected chi connectivity index (χ0v) is 10.4. The van der Waals surface area contributed by atoms with Crippen LogP contribution in [0.1, 0.15) is 26.2 Å². The van der Waals surface area contributed by atoms with Crippen molar-refractivity contribution in [1.82, 2.24) is 10.6 Å². The Morgan fingerprint density at radius 1 is 1.41 bits per heavy atom. The quantitative estimate of drug-likeness (QED) is 0.542. The van der Waals surface area contributed by atoms with E-state index in [-0.39, 0.29) is 11.8 Å². The fourth-order valence-electron chi connectivity index (χ4n) is 1.32. The second-order valence-corrected chi connectivity index (χ2v) is 4.40. The maximum absolute atomic E-state index is 11.6.